The van der Waals surface area contributed by atoms with E-state index in [1.807, 2.05) is 0 Å². The van der Waals surface area contributed by atoms with Crippen LogP contribution in [0.1, 0.15) is 30.1 Å². The molecule has 1 saturated heterocycles. The normalized spacial score (nSPS) is 15.9. The van der Waals surface area contributed by atoms with Gasteiger partial charge in [0.15, 0.2) is 5.76 Å². The van der Waals surface area contributed by atoms with E-state index in [-0.39, 0.29) is 16.4 Å². The van der Waals surface area contributed by atoms with Crippen LogP contribution in [0.4, 0.5) is 0 Å². The number of nitrogens with one attached hydrogen (secondary N) is 1. The number of ether oxygens (including phenoxy) is 1. The van der Waals surface area contributed by atoms with Crippen molar-refractivity contribution >= 4 is 10.0 Å². The van der Waals surface area contributed by atoms with Gasteiger partial charge in [-0.3, -0.25) is 4.79 Å². The minimum atomic E-state index is -3.59. The van der Waals surface area contributed by atoms with Gasteiger partial charge in [-0.1, -0.05) is 5.16 Å². The van der Waals surface area contributed by atoms with E-state index >= 15 is 0 Å². The van der Waals surface area contributed by atoms with E-state index in [1.54, 1.807) is 37.3 Å². The fourth-order valence-electron chi connectivity index (χ4n) is 3.68. The largest absolute Gasteiger partial charge is 0.497 e. The van der Waals surface area contributed by atoms with Gasteiger partial charge in [-0.2, -0.15) is 9.40 Å². The molecular weight excluding hydrogens is 408 g/mol. The zero-order chi connectivity index (χ0) is 21.3. The third-order valence-corrected chi connectivity index (χ3v) is 7.18. The van der Waals surface area contributed by atoms with Crippen molar-refractivity contribution in [3.05, 3.63) is 58.1 Å². The average Bonchev–Trinajstić information content (AvgIpc) is 3.20. The Morgan fingerprint density at radius 1 is 1.17 bits per heavy atom. The first kappa shape index (κ1) is 20.3. The standard InChI is InChI=1S/C20H22N4O5S/c1-13-11-18(29-23-13)17-12-19(25)21-22-20(17)14-7-9-24(10-8-14)30(26,27)16-5-3-15(28-2)4-6-16/h3-6,11-12,14H,7-10H2,1-2H3,(H,21,25). The summed E-state index contributed by atoms with van der Waals surface area (Å²) in [4.78, 5) is 12.1. The maximum absolute atomic E-state index is 13.0. The topological polar surface area (TPSA) is 118 Å². The molecule has 0 aliphatic carbocycles. The summed E-state index contributed by atoms with van der Waals surface area (Å²) >= 11 is 0. The molecule has 0 atom stereocenters. The van der Waals surface area contributed by atoms with Gasteiger partial charge >= 0.3 is 0 Å². The highest BCUT2D eigenvalue weighted by Crippen LogP contribution is 2.34. The lowest BCUT2D eigenvalue weighted by Crippen LogP contribution is -2.38. The van der Waals surface area contributed by atoms with Crippen LogP contribution in [0.5, 0.6) is 5.75 Å². The number of nitrogens with zero attached hydrogens (tertiary/aromatic N) is 3. The molecule has 3 aromatic rings. The number of aromatic nitrogens is 3. The third kappa shape index (κ3) is 3.88. The summed E-state index contributed by atoms with van der Waals surface area (Å²) in [6.07, 6.45) is 1.16. The molecular formula is C20H22N4O5S. The molecule has 0 bridgehead atoms. The molecule has 0 spiro atoms. The molecule has 10 heteroatoms. The predicted molar refractivity (Wildman–Crippen MR) is 109 cm³/mol. The highest BCUT2D eigenvalue weighted by molar-refractivity contribution is 7.89. The first-order chi connectivity index (χ1) is 14.4. The zero-order valence-electron chi connectivity index (χ0n) is 16.7. The average molecular weight is 430 g/mol. The first-order valence-corrected chi connectivity index (χ1v) is 11.0. The predicted octanol–water partition coefficient (Wildman–Crippen LogP) is 2.31. The van der Waals surface area contributed by atoms with Gasteiger partial charge in [0, 0.05) is 36.7 Å². The molecule has 1 aliphatic rings. The van der Waals surface area contributed by atoms with E-state index in [4.69, 9.17) is 9.26 Å². The van der Waals surface area contributed by atoms with E-state index in [0.717, 1.165) is 0 Å². The van der Waals surface area contributed by atoms with Crippen molar-refractivity contribution in [2.75, 3.05) is 20.2 Å². The SMILES string of the molecule is COc1ccc(S(=O)(=O)N2CCC(c3n[nH]c(=O)cc3-c3cc(C)no3)CC2)cc1. The lowest BCUT2D eigenvalue weighted by atomic mass is 9.91. The third-order valence-electron chi connectivity index (χ3n) is 5.27. The molecule has 30 heavy (non-hydrogen) atoms. The molecule has 1 fully saturated rings. The van der Waals surface area contributed by atoms with Gasteiger partial charge in [0.2, 0.25) is 10.0 Å². The van der Waals surface area contributed by atoms with Crippen LogP contribution in [0.15, 0.2) is 50.6 Å². The zero-order valence-corrected chi connectivity index (χ0v) is 17.5. The summed E-state index contributed by atoms with van der Waals surface area (Å²) in [7, 11) is -2.05. The molecule has 1 N–H and O–H groups in total. The Morgan fingerprint density at radius 3 is 2.47 bits per heavy atom. The highest BCUT2D eigenvalue weighted by atomic mass is 32.2. The Labute approximate surface area is 173 Å². The maximum Gasteiger partial charge on any atom is 0.264 e. The molecule has 1 aromatic carbocycles. The lowest BCUT2D eigenvalue weighted by Gasteiger charge is -2.31. The number of aromatic amines is 1. The molecule has 4 rings (SSSR count). The minimum absolute atomic E-state index is 0.00965. The minimum Gasteiger partial charge on any atom is -0.497 e. The van der Waals surface area contributed by atoms with Gasteiger partial charge in [0.25, 0.3) is 5.56 Å². The van der Waals surface area contributed by atoms with Crippen molar-refractivity contribution in [3.8, 4) is 17.1 Å². The summed E-state index contributed by atoms with van der Waals surface area (Å²) in [5, 5.41) is 10.6. The van der Waals surface area contributed by atoms with Crippen LogP contribution in [-0.2, 0) is 10.0 Å². The number of rotatable bonds is 5. The maximum atomic E-state index is 13.0. The van der Waals surface area contributed by atoms with Crippen molar-refractivity contribution in [3.63, 3.8) is 0 Å². The van der Waals surface area contributed by atoms with Crippen LogP contribution >= 0.6 is 0 Å². The van der Waals surface area contributed by atoms with Gasteiger partial charge in [-0.25, -0.2) is 13.5 Å². The number of hydrogen-bond donors (Lipinski definition) is 1. The Kier molecular flexibility index (Phi) is 5.44. The number of sulfonamides is 1. The summed E-state index contributed by atoms with van der Waals surface area (Å²) in [5.41, 5.74) is 1.65. The second kappa shape index (κ2) is 8.04. The molecule has 0 saturated carbocycles. The van der Waals surface area contributed by atoms with Crippen LogP contribution in [0.25, 0.3) is 11.3 Å². The smallest absolute Gasteiger partial charge is 0.264 e. The van der Waals surface area contributed by atoms with Crippen molar-refractivity contribution in [1.82, 2.24) is 19.7 Å². The summed E-state index contributed by atoms with van der Waals surface area (Å²) < 4.78 is 37.8. The van der Waals surface area contributed by atoms with Crippen molar-refractivity contribution < 1.29 is 17.7 Å². The van der Waals surface area contributed by atoms with Crippen molar-refractivity contribution in [2.24, 2.45) is 0 Å². The molecule has 158 valence electrons. The number of benzene rings is 1. The monoisotopic (exact) mass is 430 g/mol. The van der Waals surface area contributed by atoms with Gasteiger partial charge in [0.05, 0.1) is 23.4 Å². The van der Waals surface area contributed by atoms with E-state index in [2.05, 4.69) is 15.4 Å². The number of piperidine rings is 1. The molecule has 9 nitrogen and oxygen atoms in total. The van der Waals surface area contributed by atoms with E-state index < -0.39 is 10.0 Å². The Morgan fingerprint density at radius 2 is 1.87 bits per heavy atom. The summed E-state index contributed by atoms with van der Waals surface area (Å²) in [6.45, 7) is 2.51. The Hall–Kier alpha value is -2.98. The number of H-pyrrole nitrogens is 1. The van der Waals surface area contributed by atoms with Crippen molar-refractivity contribution in [1.29, 1.82) is 0 Å². The van der Waals surface area contributed by atoms with E-state index in [1.165, 1.54) is 17.5 Å². The summed E-state index contributed by atoms with van der Waals surface area (Å²) in [6, 6.07) is 9.57. The van der Waals surface area contributed by atoms with E-state index in [9.17, 15) is 13.2 Å². The second-order valence-electron chi connectivity index (χ2n) is 7.22. The van der Waals surface area contributed by atoms with Gasteiger partial charge in [0.1, 0.15) is 5.75 Å². The fraction of sp³-hybridized carbons (Fsp3) is 0.350. The van der Waals surface area contributed by atoms with Crippen LogP contribution < -0.4 is 10.3 Å². The molecule has 1 aliphatic heterocycles. The second-order valence-corrected chi connectivity index (χ2v) is 9.16. The first-order valence-electron chi connectivity index (χ1n) is 9.56. The summed E-state index contributed by atoms with van der Waals surface area (Å²) in [5.74, 6) is 1.07. The number of hydrogen-bond acceptors (Lipinski definition) is 7. The number of aryl methyl sites for hydroxylation is 1. The quantitative estimate of drug-likeness (QED) is 0.660. The fourth-order valence-corrected chi connectivity index (χ4v) is 5.15. The van der Waals surface area contributed by atoms with Gasteiger partial charge < -0.3 is 9.26 Å². The highest BCUT2D eigenvalue weighted by Gasteiger charge is 2.32. The van der Waals surface area contributed by atoms with Gasteiger partial charge in [-0.05, 0) is 44.0 Å². The molecule has 0 unspecified atom stereocenters. The van der Waals surface area contributed by atoms with Crippen molar-refractivity contribution in [2.45, 2.75) is 30.6 Å². The molecule has 2 aromatic heterocycles. The molecule has 3 heterocycles. The number of methoxy groups -OCH3 is 1. The van der Waals surface area contributed by atoms with Crippen LogP contribution in [-0.4, -0.2) is 48.3 Å². The van der Waals surface area contributed by atoms with E-state index in [0.29, 0.717) is 54.4 Å². The van der Waals surface area contributed by atoms with Gasteiger partial charge in [-0.15, -0.1) is 0 Å². The van der Waals surface area contributed by atoms with Crippen LogP contribution in [0, 0.1) is 6.92 Å². The van der Waals surface area contributed by atoms with Crippen LogP contribution in [0.2, 0.25) is 0 Å². The molecule has 0 radical (unpaired) electrons. The molecule has 0 amide bonds. The Bertz CT molecular complexity index is 1190. The Balaban J connectivity index is 1.54. The lowest BCUT2D eigenvalue weighted by molar-refractivity contribution is 0.315. The van der Waals surface area contributed by atoms with Crippen LogP contribution in [0.3, 0.4) is 0 Å².